The van der Waals surface area contributed by atoms with Gasteiger partial charge in [-0.05, 0) is 36.8 Å². The SMILES string of the molecule is CCNC1c2ccccc2CCC1Sc1nnc(SC)s1. The van der Waals surface area contributed by atoms with Gasteiger partial charge in [0, 0.05) is 11.3 Å². The van der Waals surface area contributed by atoms with Gasteiger partial charge in [0.2, 0.25) is 0 Å². The molecule has 1 aliphatic carbocycles. The van der Waals surface area contributed by atoms with Gasteiger partial charge in [-0.25, -0.2) is 0 Å². The summed E-state index contributed by atoms with van der Waals surface area (Å²) in [5.41, 5.74) is 2.94. The molecule has 2 unspecified atom stereocenters. The lowest BCUT2D eigenvalue weighted by atomic mass is 9.87. The highest BCUT2D eigenvalue weighted by Gasteiger charge is 2.30. The number of nitrogens with zero attached hydrogens (tertiary/aromatic N) is 2. The zero-order valence-corrected chi connectivity index (χ0v) is 14.7. The summed E-state index contributed by atoms with van der Waals surface area (Å²) in [5, 5.41) is 12.7. The maximum absolute atomic E-state index is 4.31. The fraction of sp³-hybridized carbons (Fsp3) is 0.467. The Morgan fingerprint density at radius 2 is 2.10 bits per heavy atom. The summed E-state index contributed by atoms with van der Waals surface area (Å²) in [5.74, 6) is 0. The van der Waals surface area contributed by atoms with E-state index in [0.29, 0.717) is 11.3 Å². The molecule has 0 aliphatic heterocycles. The summed E-state index contributed by atoms with van der Waals surface area (Å²) in [7, 11) is 0. The van der Waals surface area contributed by atoms with Crippen LogP contribution in [0, 0.1) is 0 Å². The summed E-state index contributed by atoms with van der Waals surface area (Å²) >= 11 is 5.25. The molecule has 1 aliphatic rings. The smallest absolute Gasteiger partial charge is 0.175 e. The minimum atomic E-state index is 0.409. The normalized spacial score (nSPS) is 21.2. The van der Waals surface area contributed by atoms with E-state index in [0.717, 1.165) is 21.6 Å². The first-order valence-electron chi connectivity index (χ1n) is 7.17. The van der Waals surface area contributed by atoms with Crippen LogP contribution in [0.4, 0.5) is 0 Å². The number of hydrogen-bond donors (Lipinski definition) is 1. The van der Waals surface area contributed by atoms with Gasteiger partial charge in [-0.2, -0.15) is 0 Å². The lowest BCUT2D eigenvalue weighted by Gasteiger charge is -2.33. The molecule has 3 rings (SSSR count). The molecule has 1 aromatic carbocycles. The van der Waals surface area contributed by atoms with Crippen LogP contribution in [-0.4, -0.2) is 28.2 Å². The Morgan fingerprint density at radius 3 is 2.86 bits per heavy atom. The quantitative estimate of drug-likeness (QED) is 0.834. The van der Waals surface area contributed by atoms with Gasteiger partial charge in [-0.1, -0.05) is 66.0 Å². The van der Waals surface area contributed by atoms with Crippen molar-refractivity contribution in [3.63, 3.8) is 0 Å². The van der Waals surface area contributed by atoms with E-state index in [1.165, 1.54) is 17.5 Å². The zero-order chi connectivity index (χ0) is 14.7. The molecule has 0 bridgehead atoms. The summed E-state index contributed by atoms with van der Waals surface area (Å²) in [4.78, 5) is 0. The lowest BCUT2D eigenvalue weighted by molar-refractivity contribution is 0.484. The highest BCUT2D eigenvalue weighted by atomic mass is 32.2. The van der Waals surface area contributed by atoms with Crippen molar-refractivity contribution in [1.29, 1.82) is 0 Å². The maximum atomic E-state index is 4.31. The second-order valence-corrected chi connectivity index (χ2v) is 8.48. The second kappa shape index (κ2) is 7.13. The average molecular weight is 338 g/mol. The molecule has 1 heterocycles. The van der Waals surface area contributed by atoms with E-state index in [4.69, 9.17) is 0 Å². The van der Waals surface area contributed by atoms with E-state index in [-0.39, 0.29) is 0 Å². The van der Waals surface area contributed by atoms with Crippen molar-refractivity contribution in [2.24, 2.45) is 0 Å². The molecule has 0 amide bonds. The molecule has 1 N–H and O–H groups in total. The number of benzene rings is 1. The molecule has 6 heteroatoms. The summed E-state index contributed by atoms with van der Waals surface area (Å²) in [6.45, 7) is 3.16. The molecule has 1 aromatic heterocycles. The number of nitrogens with one attached hydrogen (secondary N) is 1. The van der Waals surface area contributed by atoms with E-state index >= 15 is 0 Å². The predicted molar refractivity (Wildman–Crippen MR) is 92.5 cm³/mol. The van der Waals surface area contributed by atoms with Crippen molar-refractivity contribution in [2.45, 2.75) is 39.7 Å². The van der Waals surface area contributed by atoms with Crippen LogP contribution in [0.15, 0.2) is 32.9 Å². The van der Waals surface area contributed by atoms with Crippen LogP contribution in [0.2, 0.25) is 0 Å². The Kier molecular flexibility index (Phi) is 5.21. The Morgan fingerprint density at radius 1 is 1.29 bits per heavy atom. The zero-order valence-electron chi connectivity index (χ0n) is 12.2. The van der Waals surface area contributed by atoms with E-state index in [9.17, 15) is 0 Å². The van der Waals surface area contributed by atoms with Gasteiger partial charge in [0.15, 0.2) is 8.68 Å². The molecular weight excluding hydrogens is 318 g/mol. The van der Waals surface area contributed by atoms with Crippen molar-refractivity contribution in [1.82, 2.24) is 15.5 Å². The molecular formula is C15H19N3S3. The number of aryl methyl sites for hydroxylation is 1. The molecule has 0 saturated carbocycles. The average Bonchev–Trinajstić information content (AvgIpc) is 2.97. The Labute approximate surface area is 138 Å². The van der Waals surface area contributed by atoms with Crippen LogP contribution in [-0.2, 0) is 6.42 Å². The van der Waals surface area contributed by atoms with Crippen LogP contribution >= 0.6 is 34.9 Å². The first-order valence-corrected chi connectivity index (χ1v) is 10.1. The Balaban J connectivity index is 1.81. The molecule has 2 aromatic rings. The number of aromatic nitrogens is 2. The third-order valence-electron chi connectivity index (χ3n) is 3.70. The number of fused-ring (bicyclic) bond motifs is 1. The first kappa shape index (κ1) is 15.3. The molecule has 112 valence electrons. The van der Waals surface area contributed by atoms with Crippen LogP contribution in [0.25, 0.3) is 0 Å². The van der Waals surface area contributed by atoms with Gasteiger partial charge in [0.1, 0.15) is 0 Å². The topological polar surface area (TPSA) is 37.8 Å². The second-order valence-electron chi connectivity index (χ2n) is 4.97. The largest absolute Gasteiger partial charge is 0.309 e. The molecule has 0 fully saturated rings. The highest BCUT2D eigenvalue weighted by Crippen LogP contribution is 2.41. The van der Waals surface area contributed by atoms with Crippen LogP contribution < -0.4 is 5.32 Å². The van der Waals surface area contributed by atoms with E-state index < -0.39 is 0 Å². The first-order chi connectivity index (χ1) is 10.3. The van der Waals surface area contributed by atoms with E-state index in [1.54, 1.807) is 23.1 Å². The monoisotopic (exact) mass is 337 g/mol. The Hall–Kier alpha value is -0.560. The third kappa shape index (κ3) is 3.44. The molecule has 0 spiro atoms. The maximum Gasteiger partial charge on any atom is 0.175 e. The number of thioether (sulfide) groups is 2. The fourth-order valence-electron chi connectivity index (χ4n) is 2.78. The van der Waals surface area contributed by atoms with E-state index in [1.807, 2.05) is 18.0 Å². The minimum Gasteiger partial charge on any atom is -0.309 e. The van der Waals surface area contributed by atoms with Crippen molar-refractivity contribution < 1.29 is 0 Å². The summed E-state index contributed by atoms with van der Waals surface area (Å²) in [6.07, 6.45) is 4.39. The Bertz CT molecular complexity index is 599. The highest BCUT2D eigenvalue weighted by molar-refractivity contribution is 8.03. The molecule has 2 atom stereocenters. The summed E-state index contributed by atoms with van der Waals surface area (Å²) < 4.78 is 2.14. The van der Waals surface area contributed by atoms with E-state index in [2.05, 4.69) is 46.7 Å². The molecule has 3 nitrogen and oxygen atoms in total. The third-order valence-corrected chi connectivity index (χ3v) is 7.02. The van der Waals surface area contributed by atoms with Gasteiger partial charge in [-0.3, -0.25) is 0 Å². The van der Waals surface area contributed by atoms with Crippen molar-refractivity contribution in [2.75, 3.05) is 12.8 Å². The van der Waals surface area contributed by atoms with Crippen molar-refractivity contribution in [3.05, 3.63) is 35.4 Å². The minimum absolute atomic E-state index is 0.409. The van der Waals surface area contributed by atoms with Crippen LogP contribution in [0.5, 0.6) is 0 Å². The van der Waals surface area contributed by atoms with Crippen LogP contribution in [0.3, 0.4) is 0 Å². The van der Waals surface area contributed by atoms with Gasteiger partial charge in [0.05, 0.1) is 0 Å². The van der Waals surface area contributed by atoms with Crippen molar-refractivity contribution >= 4 is 34.9 Å². The van der Waals surface area contributed by atoms with Gasteiger partial charge >= 0.3 is 0 Å². The molecule has 0 saturated heterocycles. The number of hydrogen-bond acceptors (Lipinski definition) is 6. The molecule has 0 radical (unpaired) electrons. The van der Waals surface area contributed by atoms with Crippen LogP contribution in [0.1, 0.15) is 30.5 Å². The molecule has 21 heavy (non-hydrogen) atoms. The van der Waals surface area contributed by atoms with Gasteiger partial charge in [0.25, 0.3) is 0 Å². The lowest BCUT2D eigenvalue weighted by Crippen LogP contribution is -2.34. The van der Waals surface area contributed by atoms with Gasteiger partial charge < -0.3 is 5.32 Å². The fourth-order valence-corrected chi connectivity index (χ4v) is 5.70. The standard InChI is InChI=1S/C15H19N3S3/c1-3-16-13-11-7-5-4-6-10(11)8-9-12(13)20-15-18-17-14(19-2)21-15/h4-7,12-13,16H,3,8-9H2,1-2H3. The number of rotatable bonds is 5. The van der Waals surface area contributed by atoms with Gasteiger partial charge in [-0.15, -0.1) is 10.2 Å². The summed E-state index contributed by atoms with van der Waals surface area (Å²) in [6, 6.07) is 9.23. The van der Waals surface area contributed by atoms with Crippen molar-refractivity contribution in [3.8, 4) is 0 Å². The predicted octanol–water partition coefficient (Wildman–Crippen LogP) is 4.02.